The lowest BCUT2D eigenvalue weighted by Gasteiger charge is -2.15. The highest BCUT2D eigenvalue weighted by Gasteiger charge is 2.22. The molecule has 31 heavy (non-hydrogen) atoms. The summed E-state index contributed by atoms with van der Waals surface area (Å²) in [6.45, 7) is 4.42. The van der Waals surface area contributed by atoms with Gasteiger partial charge in [-0.05, 0) is 60.9 Å². The molecule has 0 fully saturated rings. The summed E-state index contributed by atoms with van der Waals surface area (Å²) in [6, 6.07) is 16.2. The Balaban J connectivity index is 1.76. The summed E-state index contributed by atoms with van der Waals surface area (Å²) in [7, 11) is -2.24. The molecule has 0 aliphatic rings. The second kappa shape index (κ2) is 8.24. The first kappa shape index (κ1) is 21.2. The van der Waals surface area contributed by atoms with Crippen LogP contribution in [0.4, 0.5) is 5.69 Å². The highest BCUT2D eigenvalue weighted by Crippen LogP contribution is 2.32. The minimum Gasteiger partial charge on any atom is -0.497 e. The molecular weight excluding hydrogens is 434 g/mol. The number of hydrogen-bond donors (Lipinski definition) is 1. The molecule has 0 unspecified atom stereocenters. The second-order valence-corrected chi connectivity index (χ2v) is 9.38. The fourth-order valence-corrected chi connectivity index (χ4v) is 5.11. The number of halogens is 1. The van der Waals surface area contributed by atoms with Crippen molar-refractivity contribution in [3.63, 3.8) is 0 Å². The van der Waals surface area contributed by atoms with Gasteiger partial charge in [-0.1, -0.05) is 35.9 Å². The van der Waals surface area contributed by atoms with E-state index in [-0.39, 0.29) is 9.92 Å². The summed E-state index contributed by atoms with van der Waals surface area (Å²) in [4.78, 5) is 4.56. The van der Waals surface area contributed by atoms with Crippen molar-refractivity contribution >= 4 is 38.3 Å². The summed E-state index contributed by atoms with van der Waals surface area (Å²) < 4.78 is 36.0. The van der Waals surface area contributed by atoms with E-state index < -0.39 is 10.0 Å². The number of methoxy groups -OCH3 is 1. The molecule has 1 heterocycles. The molecule has 0 atom stereocenters. The average Bonchev–Trinajstić information content (AvgIpc) is 3.14. The Morgan fingerprint density at radius 2 is 1.81 bits per heavy atom. The van der Waals surface area contributed by atoms with E-state index in [9.17, 15) is 8.42 Å². The van der Waals surface area contributed by atoms with Crippen LogP contribution in [0.25, 0.3) is 11.0 Å². The van der Waals surface area contributed by atoms with Gasteiger partial charge in [0.25, 0.3) is 10.0 Å². The number of anilines is 1. The van der Waals surface area contributed by atoms with Gasteiger partial charge in [0.2, 0.25) is 0 Å². The molecule has 0 amide bonds. The van der Waals surface area contributed by atoms with E-state index in [1.165, 1.54) is 6.07 Å². The molecule has 8 heteroatoms. The Morgan fingerprint density at radius 1 is 1.10 bits per heavy atom. The molecule has 1 aromatic heterocycles. The molecule has 0 bridgehead atoms. The van der Waals surface area contributed by atoms with Gasteiger partial charge in [-0.25, -0.2) is 13.4 Å². The first-order valence-electron chi connectivity index (χ1n) is 9.65. The number of nitrogens with one attached hydrogen (secondary N) is 1. The van der Waals surface area contributed by atoms with Crippen molar-refractivity contribution in [2.45, 2.75) is 25.3 Å². The Hall–Kier alpha value is -3.03. The first-order chi connectivity index (χ1) is 14.8. The molecular formula is C23H22ClN3O3S. The van der Waals surface area contributed by atoms with Gasteiger partial charge >= 0.3 is 0 Å². The number of nitrogens with zero attached hydrogens (tertiary/aromatic N) is 2. The quantitative estimate of drug-likeness (QED) is 0.435. The van der Waals surface area contributed by atoms with Crippen LogP contribution in [0, 0.1) is 13.8 Å². The molecule has 160 valence electrons. The molecule has 0 saturated heterocycles. The normalized spacial score (nSPS) is 11.6. The third-order valence-electron chi connectivity index (χ3n) is 5.31. The summed E-state index contributed by atoms with van der Waals surface area (Å²) in [5.74, 6) is 0.793. The average molecular weight is 456 g/mol. The van der Waals surface area contributed by atoms with Crippen molar-refractivity contribution in [1.29, 1.82) is 0 Å². The van der Waals surface area contributed by atoms with Gasteiger partial charge in [-0.2, -0.15) is 0 Å². The Morgan fingerprint density at radius 3 is 2.48 bits per heavy atom. The van der Waals surface area contributed by atoms with Crippen molar-refractivity contribution in [1.82, 2.24) is 9.55 Å². The van der Waals surface area contributed by atoms with Crippen molar-refractivity contribution in [3.05, 3.63) is 82.6 Å². The smallest absolute Gasteiger partial charge is 0.263 e. The lowest BCUT2D eigenvalue weighted by atomic mass is 10.1. The Labute approximate surface area is 186 Å². The van der Waals surface area contributed by atoms with Crippen LogP contribution < -0.4 is 9.46 Å². The maximum absolute atomic E-state index is 13.0. The SMILES string of the molecule is COc1ccc(Cn2cnc3c(NS(=O)(=O)c4ccccc4Cl)c(C)c(C)cc32)cc1. The van der Waals surface area contributed by atoms with Crippen LogP contribution in [0.15, 0.2) is 65.8 Å². The number of rotatable bonds is 6. The molecule has 4 rings (SSSR count). The standard InChI is InChI=1S/C23H22ClN3O3S/c1-15-12-20-23(25-14-27(20)13-17-8-10-18(30-3)11-9-17)22(16(15)2)26-31(28,29)21-7-5-4-6-19(21)24/h4-12,14,26H,13H2,1-3H3. The first-order valence-corrected chi connectivity index (χ1v) is 11.5. The number of sulfonamides is 1. The van der Waals surface area contributed by atoms with Crippen LogP contribution in [0.5, 0.6) is 5.75 Å². The monoisotopic (exact) mass is 455 g/mol. The Bertz CT molecular complexity index is 1360. The fourth-order valence-electron chi connectivity index (χ4n) is 3.45. The van der Waals surface area contributed by atoms with E-state index in [2.05, 4.69) is 9.71 Å². The minimum atomic E-state index is -3.88. The molecule has 0 aliphatic carbocycles. The lowest BCUT2D eigenvalue weighted by molar-refractivity contribution is 0.414. The van der Waals surface area contributed by atoms with E-state index in [1.807, 2.05) is 48.7 Å². The molecule has 4 aromatic rings. The predicted octanol–water partition coefficient (Wildman–Crippen LogP) is 5.16. The van der Waals surface area contributed by atoms with Crippen LogP contribution in [-0.4, -0.2) is 25.1 Å². The van der Waals surface area contributed by atoms with Crippen LogP contribution in [0.1, 0.15) is 16.7 Å². The number of imidazole rings is 1. The number of hydrogen-bond acceptors (Lipinski definition) is 4. The van der Waals surface area contributed by atoms with E-state index in [4.69, 9.17) is 16.3 Å². The number of ether oxygens (including phenoxy) is 1. The van der Waals surface area contributed by atoms with Gasteiger partial charge in [0.15, 0.2) is 0 Å². The van der Waals surface area contributed by atoms with Crippen molar-refractivity contribution < 1.29 is 13.2 Å². The molecule has 0 aliphatic heterocycles. The number of aryl methyl sites for hydroxylation is 1. The van der Waals surface area contributed by atoms with Crippen molar-refractivity contribution in [2.75, 3.05) is 11.8 Å². The zero-order chi connectivity index (χ0) is 22.2. The van der Waals surface area contributed by atoms with Crippen LogP contribution >= 0.6 is 11.6 Å². The molecule has 3 aromatic carbocycles. The minimum absolute atomic E-state index is 0.0309. The number of aromatic nitrogens is 2. The van der Waals surface area contributed by atoms with E-state index in [0.29, 0.717) is 17.7 Å². The zero-order valence-corrected chi connectivity index (χ0v) is 19.0. The molecule has 0 spiro atoms. The number of fused-ring (bicyclic) bond motifs is 1. The number of benzene rings is 3. The van der Waals surface area contributed by atoms with Crippen molar-refractivity contribution in [2.24, 2.45) is 0 Å². The third-order valence-corrected chi connectivity index (χ3v) is 7.16. The molecule has 0 radical (unpaired) electrons. The summed E-state index contributed by atoms with van der Waals surface area (Å²) in [5, 5.41) is 0.168. The summed E-state index contributed by atoms with van der Waals surface area (Å²) in [6.07, 6.45) is 1.72. The van der Waals surface area contributed by atoms with Gasteiger partial charge in [0, 0.05) is 6.54 Å². The maximum atomic E-state index is 13.0. The van der Waals surface area contributed by atoms with E-state index >= 15 is 0 Å². The van der Waals surface area contributed by atoms with Gasteiger partial charge < -0.3 is 9.30 Å². The van der Waals surface area contributed by atoms with Crippen LogP contribution in [0.2, 0.25) is 5.02 Å². The summed E-state index contributed by atoms with van der Waals surface area (Å²) >= 11 is 6.13. The highest BCUT2D eigenvalue weighted by atomic mass is 35.5. The van der Waals surface area contributed by atoms with Gasteiger partial charge in [0.05, 0.1) is 29.7 Å². The van der Waals surface area contributed by atoms with E-state index in [1.54, 1.807) is 31.6 Å². The van der Waals surface area contributed by atoms with Crippen LogP contribution in [0.3, 0.4) is 0 Å². The largest absolute Gasteiger partial charge is 0.497 e. The highest BCUT2D eigenvalue weighted by molar-refractivity contribution is 7.92. The predicted molar refractivity (Wildman–Crippen MR) is 124 cm³/mol. The lowest BCUT2D eigenvalue weighted by Crippen LogP contribution is -2.15. The summed E-state index contributed by atoms with van der Waals surface area (Å²) in [5.41, 5.74) is 4.75. The Kier molecular flexibility index (Phi) is 5.64. The van der Waals surface area contributed by atoms with Gasteiger partial charge in [-0.15, -0.1) is 0 Å². The topological polar surface area (TPSA) is 73.2 Å². The second-order valence-electron chi connectivity index (χ2n) is 7.32. The maximum Gasteiger partial charge on any atom is 0.263 e. The van der Waals surface area contributed by atoms with Gasteiger partial charge in [-0.3, -0.25) is 4.72 Å². The molecule has 6 nitrogen and oxygen atoms in total. The van der Waals surface area contributed by atoms with E-state index in [0.717, 1.165) is 28.0 Å². The zero-order valence-electron chi connectivity index (χ0n) is 17.4. The fraction of sp³-hybridized carbons (Fsp3) is 0.174. The van der Waals surface area contributed by atoms with Crippen molar-refractivity contribution in [3.8, 4) is 5.75 Å². The van der Waals surface area contributed by atoms with Crippen LogP contribution in [-0.2, 0) is 16.6 Å². The molecule has 0 saturated carbocycles. The molecule has 1 N–H and O–H groups in total. The van der Waals surface area contributed by atoms with Gasteiger partial charge in [0.1, 0.15) is 16.2 Å². The third kappa shape index (κ3) is 4.11.